The van der Waals surface area contributed by atoms with Gasteiger partial charge in [-0.15, -0.1) is 0 Å². The van der Waals surface area contributed by atoms with Crippen LogP contribution in [0, 0.1) is 20.8 Å². The van der Waals surface area contributed by atoms with E-state index < -0.39 is 0 Å². The molecule has 4 heterocycles. The van der Waals surface area contributed by atoms with Crippen LogP contribution >= 0.6 is 0 Å². The normalized spacial score (nSPS) is 15.1. The van der Waals surface area contributed by atoms with E-state index in [2.05, 4.69) is 50.9 Å². The summed E-state index contributed by atoms with van der Waals surface area (Å²) in [4.78, 5) is 31.4. The molecule has 192 valence electrons. The first kappa shape index (κ1) is 25.0. The number of benzene rings is 1. The van der Waals surface area contributed by atoms with Crippen LogP contribution in [0.5, 0.6) is 0 Å². The molecule has 1 aliphatic rings. The molecule has 1 atom stereocenters. The van der Waals surface area contributed by atoms with Crippen molar-refractivity contribution in [3.8, 4) is 11.1 Å². The molecule has 0 spiro atoms. The molecule has 7 heteroatoms. The number of amides is 1. The lowest BCUT2D eigenvalue weighted by Gasteiger charge is -2.34. The zero-order chi connectivity index (χ0) is 26.1. The van der Waals surface area contributed by atoms with E-state index in [4.69, 9.17) is 4.74 Å². The van der Waals surface area contributed by atoms with Crippen LogP contribution in [-0.4, -0.2) is 46.5 Å². The predicted molar refractivity (Wildman–Crippen MR) is 146 cm³/mol. The van der Waals surface area contributed by atoms with Crippen molar-refractivity contribution >= 4 is 11.4 Å². The molecule has 37 heavy (non-hydrogen) atoms. The average Bonchev–Trinajstić information content (AvgIpc) is 3.31. The van der Waals surface area contributed by atoms with E-state index in [0.29, 0.717) is 24.3 Å². The number of nitrogens with one attached hydrogen (secondary N) is 2. The van der Waals surface area contributed by atoms with Gasteiger partial charge in [0.2, 0.25) is 0 Å². The Morgan fingerprint density at radius 3 is 2.51 bits per heavy atom. The van der Waals surface area contributed by atoms with Crippen LogP contribution in [-0.2, 0) is 11.3 Å². The SMILES string of the molecule is Cc1cc(C)c(CNC(=O)c2cc3c(-c4ccccc4)ccn3c(C(C)N3CCOCC3)c2C)c(=O)[nH]1. The highest BCUT2D eigenvalue weighted by atomic mass is 16.5. The number of ether oxygens (including phenoxy) is 1. The van der Waals surface area contributed by atoms with Gasteiger partial charge in [-0.25, -0.2) is 0 Å². The molecule has 3 aromatic heterocycles. The highest BCUT2D eigenvalue weighted by Crippen LogP contribution is 2.33. The summed E-state index contributed by atoms with van der Waals surface area (Å²) in [6.07, 6.45) is 2.10. The summed E-state index contributed by atoms with van der Waals surface area (Å²) in [5, 5.41) is 3.02. The molecule has 0 radical (unpaired) electrons. The van der Waals surface area contributed by atoms with Crippen molar-refractivity contribution in [2.75, 3.05) is 26.3 Å². The number of aromatic nitrogens is 2. The van der Waals surface area contributed by atoms with Crippen LogP contribution < -0.4 is 10.9 Å². The molecule has 1 unspecified atom stereocenters. The highest BCUT2D eigenvalue weighted by Gasteiger charge is 2.26. The molecule has 5 rings (SSSR count). The zero-order valence-electron chi connectivity index (χ0n) is 21.9. The van der Waals surface area contributed by atoms with Crippen molar-refractivity contribution in [2.24, 2.45) is 0 Å². The number of rotatable bonds is 6. The molecule has 4 aromatic rings. The number of H-pyrrole nitrogens is 1. The third-order valence-corrected chi connectivity index (χ3v) is 7.49. The highest BCUT2D eigenvalue weighted by molar-refractivity contribution is 5.98. The number of pyridine rings is 2. The van der Waals surface area contributed by atoms with Gasteiger partial charge in [0.15, 0.2) is 0 Å². The molecule has 1 aromatic carbocycles. The largest absolute Gasteiger partial charge is 0.379 e. The second kappa shape index (κ2) is 10.4. The van der Waals surface area contributed by atoms with Gasteiger partial charge in [-0.2, -0.15) is 0 Å². The van der Waals surface area contributed by atoms with Gasteiger partial charge < -0.3 is 19.4 Å². The number of aromatic amines is 1. The van der Waals surface area contributed by atoms with Crippen molar-refractivity contribution in [2.45, 2.75) is 40.3 Å². The Balaban J connectivity index is 1.58. The minimum Gasteiger partial charge on any atom is -0.379 e. The fourth-order valence-electron chi connectivity index (χ4n) is 5.48. The Kier molecular flexibility index (Phi) is 7.00. The Hall–Kier alpha value is -3.68. The summed E-state index contributed by atoms with van der Waals surface area (Å²) < 4.78 is 7.81. The molecular weight excluding hydrogens is 464 g/mol. The van der Waals surface area contributed by atoms with E-state index in [1.54, 1.807) is 0 Å². The minimum atomic E-state index is -0.185. The molecular formula is C30H34N4O3. The van der Waals surface area contributed by atoms with Crippen LogP contribution in [0.4, 0.5) is 0 Å². The lowest BCUT2D eigenvalue weighted by molar-refractivity contribution is 0.0187. The summed E-state index contributed by atoms with van der Waals surface area (Å²) in [6, 6.07) is 16.4. The fourth-order valence-corrected chi connectivity index (χ4v) is 5.48. The van der Waals surface area contributed by atoms with E-state index >= 15 is 0 Å². The van der Waals surface area contributed by atoms with Gasteiger partial charge in [0, 0.05) is 60.0 Å². The summed E-state index contributed by atoms with van der Waals surface area (Å²) in [5.41, 5.74) is 7.92. The van der Waals surface area contributed by atoms with Gasteiger partial charge in [-0.05, 0) is 62.6 Å². The fraction of sp³-hybridized carbons (Fsp3) is 0.333. The van der Waals surface area contributed by atoms with Gasteiger partial charge in [0.1, 0.15) is 0 Å². The first-order valence-corrected chi connectivity index (χ1v) is 12.8. The van der Waals surface area contributed by atoms with Gasteiger partial charge in [-0.1, -0.05) is 30.3 Å². The molecule has 0 bridgehead atoms. The van der Waals surface area contributed by atoms with Crippen molar-refractivity contribution in [3.05, 3.63) is 98.7 Å². The summed E-state index contributed by atoms with van der Waals surface area (Å²) in [7, 11) is 0. The Labute approximate surface area is 217 Å². The second-order valence-electron chi connectivity index (χ2n) is 9.87. The first-order chi connectivity index (χ1) is 17.8. The average molecular weight is 499 g/mol. The Morgan fingerprint density at radius 2 is 1.81 bits per heavy atom. The van der Waals surface area contributed by atoms with Crippen LogP contribution in [0.3, 0.4) is 0 Å². The molecule has 2 N–H and O–H groups in total. The van der Waals surface area contributed by atoms with E-state index in [1.807, 2.05) is 51.1 Å². The van der Waals surface area contributed by atoms with Gasteiger partial charge in [-0.3, -0.25) is 14.5 Å². The number of fused-ring (bicyclic) bond motifs is 1. The number of aryl methyl sites for hydroxylation is 2. The third-order valence-electron chi connectivity index (χ3n) is 7.49. The lowest BCUT2D eigenvalue weighted by Crippen LogP contribution is -2.39. The van der Waals surface area contributed by atoms with E-state index in [0.717, 1.165) is 52.2 Å². The number of carbonyl (C=O) groups is 1. The number of morpholine rings is 1. The zero-order valence-corrected chi connectivity index (χ0v) is 21.9. The number of hydrogen-bond donors (Lipinski definition) is 2. The molecule has 0 saturated carbocycles. The molecule has 1 fully saturated rings. The maximum Gasteiger partial charge on any atom is 0.253 e. The number of hydrogen-bond acceptors (Lipinski definition) is 4. The maximum atomic E-state index is 13.6. The van der Waals surface area contributed by atoms with Crippen LogP contribution in [0.25, 0.3) is 16.6 Å². The van der Waals surface area contributed by atoms with Crippen molar-refractivity contribution in [1.29, 1.82) is 0 Å². The third kappa shape index (κ3) is 4.84. The van der Waals surface area contributed by atoms with E-state index in [9.17, 15) is 9.59 Å². The standard InChI is InChI=1S/C30H34N4O3/c1-19-16-20(2)32-30(36)26(19)18-31-29(35)25-17-27-24(23-8-6-5-7-9-23)10-11-34(27)28(21(25)3)22(4)33-12-14-37-15-13-33/h5-11,16-17,22H,12-15,18H2,1-4H3,(H,31,35)(H,32,36). The van der Waals surface area contributed by atoms with Crippen molar-refractivity contribution < 1.29 is 9.53 Å². The van der Waals surface area contributed by atoms with Crippen molar-refractivity contribution in [1.82, 2.24) is 19.6 Å². The Bertz CT molecular complexity index is 1500. The molecule has 0 aliphatic carbocycles. The maximum absolute atomic E-state index is 13.6. The monoisotopic (exact) mass is 498 g/mol. The molecule has 1 amide bonds. The van der Waals surface area contributed by atoms with E-state index in [1.165, 1.54) is 0 Å². The summed E-state index contributed by atoms with van der Waals surface area (Å²) >= 11 is 0. The van der Waals surface area contributed by atoms with E-state index in [-0.39, 0.29) is 24.1 Å². The van der Waals surface area contributed by atoms with Gasteiger partial charge in [0.25, 0.3) is 11.5 Å². The van der Waals surface area contributed by atoms with Gasteiger partial charge in [0.05, 0.1) is 18.7 Å². The predicted octanol–water partition coefficient (Wildman–Crippen LogP) is 4.54. The van der Waals surface area contributed by atoms with Crippen LogP contribution in [0.1, 0.15) is 51.4 Å². The number of carbonyl (C=O) groups excluding carboxylic acids is 1. The quantitative estimate of drug-likeness (QED) is 0.409. The Morgan fingerprint density at radius 1 is 1.08 bits per heavy atom. The minimum absolute atomic E-state index is 0.0948. The van der Waals surface area contributed by atoms with Crippen molar-refractivity contribution in [3.63, 3.8) is 0 Å². The molecule has 1 aliphatic heterocycles. The first-order valence-electron chi connectivity index (χ1n) is 12.8. The molecule has 1 saturated heterocycles. The van der Waals surface area contributed by atoms with Crippen LogP contribution in [0.15, 0.2) is 59.5 Å². The smallest absolute Gasteiger partial charge is 0.253 e. The van der Waals surface area contributed by atoms with Gasteiger partial charge >= 0.3 is 0 Å². The number of nitrogens with zero attached hydrogens (tertiary/aromatic N) is 2. The summed E-state index contributed by atoms with van der Waals surface area (Å²) in [6.45, 7) is 11.3. The van der Waals surface area contributed by atoms with Crippen LogP contribution in [0.2, 0.25) is 0 Å². The topological polar surface area (TPSA) is 78.8 Å². The lowest BCUT2D eigenvalue weighted by atomic mass is 9.99. The summed E-state index contributed by atoms with van der Waals surface area (Å²) in [5.74, 6) is -0.185. The molecule has 7 nitrogen and oxygen atoms in total. The second-order valence-corrected chi connectivity index (χ2v) is 9.87.